The Labute approximate surface area is 84.9 Å². The number of hydrogen-bond acceptors (Lipinski definition) is 2. The first-order valence-corrected chi connectivity index (χ1v) is 4.24. The van der Waals surface area contributed by atoms with E-state index in [9.17, 15) is 17.7 Å². The van der Waals surface area contributed by atoms with E-state index < -0.39 is 6.98 Å². The number of ketones is 1. The van der Waals surface area contributed by atoms with Crippen LogP contribution in [0.25, 0.3) is 6.08 Å². The predicted molar refractivity (Wildman–Crippen MR) is 52.4 cm³/mol. The lowest BCUT2D eigenvalue weighted by Crippen LogP contribution is -2.09. The Morgan fingerprint density at radius 1 is 1.47 bits per heavy atom. The molecule has 0 unspecified atom stereocenters. The van der Waals surface area contributed by atoms with Gasteiger partial charge >= 0.3 is 6.98 Å². The van der Waals surface area contributed by atoms with Crippen molar-refractivity contribution in [2.45, 2.75) is 6.92 Å². The number of aromatic nitrogens is 1. The Hall–Kier alpha value is -1.59. The van der Waals surface area contributed by atoms with Gasteiger partial charge in [0.25, 0.3) is 0 Å². The van der Waals surface area contributed by atoms with Crippen molar-refractivity contribution >= 4 is 18.8 Å². The van der Waals surface area contributed by atoms with Crippen molar-refractivity contribution in [3.8, 4) is 0 Å². The Morgan fingerprint density at radius 2 is 2.13 bits per heavy atom. The molecule has 0 atom stereocenters. The van der Waals surface area contributed by atoms with Crippen LogP contribution < -0.4 is 0 Å². The number of Topliss-reactive ketones (excluding diaryl/α,β-unsaturated/α-hetero) is 1. The van der Waals surface area contributed by atoms with Gasteiger partial charge in [-0.25, -0.2) is 0 Å². The highest BCUT2D eigenvalue weighted by Gasteiger charge is 2.17. The van der Waals surface area contributed by atoms with E-state index in [-0.39, 0.29) is 22.9 Å². The summed E-state index contributed by atoms with van der Waals surface area (Å²) in [4.78, 5) is 14.7. The van der Waals surface area contributed by atoms with Crippen LogP contribution >= 0.6 is 0 Å². The Morgan fingerprint density at radius 3 is 2.67 bits per heavy atom. The van der Waals surface area contributed by atoms with Gasteiger partial charge in [0.15, 0.2) is 5.78 Å². The molecule has 0 aliphatic carbocycles. The van der Waals surface area contributed by atoms with Crippen molar-refractivity contribution in [1.82, 2.24) is 4.98 Å². The molecule has 0 fully saturated rings. The van der Waals surface area contributed by atoms with Gasteiger partial charge in [0.1, 0.15) is 0 Å². The Kier molecular flexibility index (Phi) is 3.29. The summed E-state index contributed by atoms with van der Waals surface area (Å²) in [6.45, 7) is -3.69. The zero-order chi connectivity index (χ0) is 11.5. The molecule has 80 valence electrons. The summed E-state index contributed by atoms with van der Waals surface area (Å²) in [5.41, 5.74) is 0.422. The first-order chi connectivity index (χ1) is 6.90. The highest BCUT2D eigenvalue weighted by atomic mass is 19.4. The van der Waals surface area contributed by atoms with Crippen LogP contribution in [0.2, 0.25) is 0 Å². The molecule has 0 radical (unpaired) electrons. The molecule has 0 amide bonds. The van der Waals surface area contributed by atoms with Crippen molar-refractivity contribution in [3.63, 3.8) is 0 Å². The maximum atomic E-state index is 11.9. The van der Waals surface area contributed by atoms with Gasteiger partial charge in [0.2, 0.25) is 0 Å². The number of halogens is 3. The van der Waals surface area contributed by atoms with Gasteiger partial charge in [-0.1, -0.05) is 6.08 Å². The number of nitrogens with zero attached hydrogens (tertiary/aromatic N) is 1. The molecule has 0 bridgehead atoms. The summed E-state index contributed by atoms with van der Waals surface area (Å²) in [7, 11) is 0. The second-order valence-electron chi connectivity index (χ2n) is 3.00. The molecule has 6 heteroatoms. The minimum atomic E-state index is -4.98. The van der Waals surface area contributed by atoms with Crippen molar-refractivity contribution in [1.29, 1.82) is 0 Å². The summed E-state index contributed by atoms with van der Waals surface area (Å²) in [5, 5.41) is 0. The van der Waals surface area contributed by atoms with Crippen molar-refractivity contribution in [3.05, 3.63) is 35.6 Å². The average Bonchev–Trinajstić information content (AvgIpc) is 2.14. The van der Waals surface area contributed by atoms with Crippen LogP contribution in [0.1, 0.15) is 22.8 Å². The van der Waals surface area contributed by atoms with E-state index >= 15 is 0 Å². The minimum Gasteiger partial charge on any atom is -0.445 e. The average molecular weight is 214 g/mol. The Balaban J connectivity index is 3.05. The third-order valence-corrected chi connectivity index (χ3v) is 1.73. The molecule has 0 saturated heterocycles. The second kappa shape index (κ2) is 4.29. The van der Waals surface area contributed by atoms with E-state index in [2.05, 4.69) is 4.98 Å². The molecule has 2 nitrogen and oxygen atoms in total. The van der Waals surface area contributed by atoms with Crippen molar-refractivity contribution in [2.75, 3.05) is 0 Å². The van der Waals surface area contributed by atoms with Gasteiger partial charge in [-0.15, -0.1) is 5.98 Å². The maximum Gasteiger partial charge on any atom is 0.502 e. The van der Waals surface area contributed by atoms with Gasteiger partial charge in [-0.3, -0.25) is 9.78 Å². The van der Waals surface area contributed by atoms with Crippen LogP contribution in [-0.4, -0.2) is 17.7 Å². The maximum absolute atomic E-state index is 11.9. The number of hydrogen-bond donors (Lipinski definition) is 0. The highest BCUT2D eigenvalue weighted by Crippen LogP contribution is 2.15. The molecule has 1 rings (SSSR count). The van der Waals surface area contributed by atoms with E-state index in [4.69, 9.17) is 0 Å². The van der Waals surface area contributed by atoms with Gasteiger partial charge in [0, 0.05) is 18.0 Å². The fourth-order valence-corrected chi connectivity index (χ4v) is 1.06. The molecule has 1 heterocycles. The van der Waals surface area contributed by atoms with E-state index in [0.29, 0.717) is 0 Å². The largest absolute Gasteiger partial charge is 0.502 e. The highest BCUT2D eigenvalue weighted by molar-refractivity contribution is 6.64. The van der Waals surface area contributed by atoms with Crippen LogP contribution in [0.4, 0.5) is 12.9 Å². The SMILES string of the molecule is CC(=O)c1cnccc1/C=C/[B-](F)(F)F. The first-order valence-electron chi connectivity index (χ1n) is 4.24. The molecule has 1 aromatic rings. The summed E-state index contributed by atoms with van der Waals surface area (Å²) < 4.78 is 35.8. The third-order valence-electron chi connectivity index (χ3n) is 1.73. The zero-order valence-corrected chi connectivity index (χ0v) is 7.95. The smallest absolute Gasteiger partial charge is 0.445 e. The fraction of sp³-hybridized carbons (Fsp3) is 0.111. The number of carbonyl (C=O) groups is 1. The summed E-state index contributed by atoms with van der Waals surface area (Å²) in [5.74, 6) is -0.153. The van der Waals surface area contributed by atoms with E-state index in [1.807, 2.05) is 0 Å². The van der Waals surface area contributed by atoms with Crippen LogP contribution in [0, 0.1) is 0 Å². The van der Waals surface area contributed by atoms with Crippen LogP contribution in [0.3, 0.4) is 0 Å². The van der Waals surface area contributed by atoms with Crippen molar-refractivity contribution in [2.24, 2.45) is 0 Å². The van der Waals surface area contributed by atoms with Crippen LogP contribution in [-0.2, 0) is 0 Å². The van der Waals surface area contributed by atoms with E-state index in [1.165, 1.54) is 25.4 Å². The molecule has 15 heavy (non-hydrogen) atoms. The lowest BCUT2D eigenvalue weighted by molar-refractivity contribution is 0.101. The third kappa shape index (κ3) is 3.57. The molecular formula is C9H8BF3NO-. The molecule has 0 saturated carbocycles. The molecule has 0 aliphatic heterocycles. The molecule has 1 aromatic heterocycles. The van der Waals surface area contributed by atoms with E-state index in [1.54, 1.807) is 0 Å². The van der Waals surface area contributed by atoms with E-state index in [0.717, 1.165) is 6.08 Å². The van der Waals surface area contributed by atoms with Crippen LogP contribution in [0.15, 0.2) is 24.4 Å². The van der Waals surface area contributed by atoms with Gasteiger partial charge in [-0.05, 0) is 18.6 Å². The topological polar surface area (TPSA) is 30.0 Å². The van der Waals surface area contributed by atoms with Crippen molar-refractivity contribution < 1.29 is 17.7 Å². The molecular weight excluding hydrogens is 206 g/mol. The molecule has 0 spiro atoms. The molecule has 0 aliphatic rings. The quantitative estimate of drug-likeness (QED) is 0.571. The van der Waals surface area contributed by atoms with Gasteiger partial charge < -0.3 is 12.9 Å². The first kappa shape index (κ1) is 11.5. The molecule has 0 aromatic carbocycles. The lowest BCUT2D eigenvalue weighted by atomic mass is 9.90. The van der Waals surface area contributed by atoms with Gasteiger partial charge in [0.05, 0.1) is 0 Å². The number of rotatable bonds is 3. The number of pyridine rings is 1. The monoisotopic (exact) mass is 214 g/mol. The lowest BCUT2D eigenvalue weighted by Gasteiger charge is -2.07. The summed E-state index contributed by atoms with van der Waals surface area (Å²) in [6, 6.07) is 1.37. The zero-order valence-electron chi connectivity index (χ0n) is 7.95. The standard InChI is InChI=1S/C9H8BF3NO/c1-7(15)9-6-14-5-3-8(9)2-4-10(11,12)13/h2-6H,1H3/q-1/b4-2+. The Bertz CT molecular complexity index is 401. The normalized spacial score (nSPS) is 12.0. The summed E-state index contributed by atoms with van der Waals surface area (Å²) >= 11 is 0. The van der Waals surface area contributed by atoms with Gasteiger partial charge in [-0.2, -0.15) is 0 Å². The summed E-state index contributed by atoms with van der Waals surface area (Å²) in [6.07, 6.45) is 3.49. The predicted octanol–water partition coefficient (Wildman–Crippen LogP) is 2.68. The second-order valence-corrected chi connectivity index (χ2v) is 3.00. The van der Waals surface area contributed by atoms with Crippen LogP contribution in [0.5, 0.6) is 0 Å². The minimum absolute atomic E-state index is 0.155. The molecule has 0 N–H and O–H groups in total. The fourth-order valence-electron chi connectivity index (χ4n) is 1.06. The number of carbonyl (C=O) groups excluding carboxylic acids is 1.